The van der Waals surface area contributed by atoms with E-state index in [1.54, 1.807) is 0 Å². The van der Waals surface area contributed by atoms with Crippen molar-refractivity contribution in [2.75, 3.05) is 0 Å². The summed E-state index contributed by atoms with van der Waals surface area (Å²) in [6.07, 6.45) is -1.86. The zero-order valence-electron chi connectivity index (χ0n) is 11.1. The van der Waals surface area contributed by atoms with Crippen LogP contribution in [0.4, 0.5) is 8.78 Å². The van der Waals surface area contributed by atoms with Crippen LogP contribution in [0.3, 0.4) is 0 Å². The molecule has 2 rings (SSSR count). The van der Waals surface area contributed by atoms with Crippen molar-refractivity contribution in [2.45, 2.75) is 57.9 Å². The normalized spacial score (nSPS) is 31.1. The Morgan fingerprint density at radius 3 is 2.22 bits per heavy atom. The van der Waals surface area contributed by atoms with Crippen molar-refractivity contribution in [1.29, 1.82) is 5.41 Å². The molecule has 1 atom stereocenters. The third-order valence-corrected chi connectivity index (χ3v) is 4.01. The van der Waals surface area contributed by atoms with Crippen molar-refractivity contribution >= 4 is 12.8 Å². The molecule has 100 valence electrons. The summed E-state index contributed by atoms with van der Waals surface area (Å²) in [6, 6.07) is 0. The zero-order valence-corrected chi connectivity index (χ0v) is 11.1. The van der Waals surface area contributed by atoms with Gasteiger partial charge in [0.2, 0.25) is 0 Å². The zero-order chi connectivity index (χ0) is 13.7. The summed E-state index contributed by atoms with van der Waals surface area (Å²) >= 11 is 0. The van der Waals surface area contributed by atoms with Gasteiger partial charge >= 0.3 is 7.12 Å². The third kappa shape index (κ3) is 2.12. The van der Waals surface area contributed by atoms with Crippen molar-refractivity contribution < 1.29 is 18.1 Å². The Morgan fingerprint density at radius 1 is 1.22 bits per heavy atom. The Labute approximate surface area is 106 Å². The highest BCUT2D eigenvalue weighted by Crippen LogP contribution is 2.41. The summed E-state index contributed by atoms with van der Waals surface area (Å²) in [7, 11) is -0.846. The highest BCUT2D eigenvalue weighted by Gasteiger charge is 2.53. The van der Waals surface area contributed by atoms with E-state index in [2.05, 4.69) is 0 Å². The van der Waals surface area contributed by atoms with Crippen LogP contribution in [-0.4, -0.2) is 30.2 Å². The van der Waals surface area contributed by atoms with Gasteiger partial charge in [-0.3, -0.25) is 0 Å². The predicted octanol–water partition coefficient (Wildman–Crippen LogP) is 2.99. The number of halogens is 2. The SMILES string of the molecule is CC1(C)OB(C2=C(F)CC(=N)C(F)C2)OC1(C)C. The van der Waals surface area contributed by atoms with Crippen LogP contribution in [0.1, 0.15) is 40.5 Å². The molecule has 1 heterocycles. The van der Waals surface area contributed by atoms with Crippen molar-refractivity contribution in [3.8, 4) is 0 Å². The molecule has 1 aliphatic carbocycles. The maximum Gasteiger partial charge on any atom is 0.493 e. The standard InChI is InChI=1S/C12H18BF2NO2/c1-11(2)12(3,4)18-13(17-11)7-5-9(15)10(16)6-8(7)14/h9,16H,5-6H2,1-4H3. The quantitative estimate of drug-likeness (QED) is 0.733. The molecule has 1 N–H and O–H groups in total. The van der Waals surface area contributed by atoms with Crippen molar-refractivity contribution in [3.05, 3.63) is 11.3 Å². The van der Waals surface area contributed by atoms with Crippen LogP contribution < -0.4 is 0 Å². The van der Waals surface area contributed by atoms with Crippen molar-refractivity contribution in [2.24, 2.45) is 0 Å². The molecule has 2 aliphatic rings. The van der Waals surface area contributed by atoms with Gasteiger partial charge < -0.3 is 14.7 Å². The summed E-state index contributed by atoms with van der Waals surface area (Å²) in [4.78, 5) is 0. The smallest absolute Gasteiger partial charge is 0.399 e. The van der Waals surface area contributed by atoms with Crippen LogP contribution in [0, 0.1) is 5.41 Å². The summed E-state index contributed by atoms with van der Waals surface area (Å²) in [5.74, 6) is -0.493. The van der Waals surface area contributed by atoms with E-state index < -0.39 is 30.3 Å². The van der Waals surface area contributed by atoms with Crippen LogP contribution in [-0.2, 0) is 9.31 Å². The van der Waals surface area contributed by atoms with Gasteiger partial charge in [-0.25, -0.2) is 8.78 Å². The van der Waals surface area contributed by atoms with Crippen molar-refractivity contribution in [1.82, 2.24) is 0 Å². The lowest BCUT2D eigenvalue weighted by atomic mass is 9.71. The molecule has 0 radical (unpaired) electrons. The van der Waals surface area contributed by atoms with Crippen LogP contribution in [0.15, 0.2) is 11.3 Å². The molecule has 1 fully saturated rings. The van der Waals surface area contributed by atoms with Gasteiger partial charge in [0.25, 0.3) is 0 Å². The number of rotatable bonds is 1. The van der Waals surface area contributed by atoms with E-state index in [1.165, 1.54) is 0 Å². The molecule has 0 spiro atoms. The van der Waals surface area contributed by atoms with E-state index in [1.807, 2.05) is 27.7 Å². The lowest BCUT2D eigenvalue weighted by molar-refractivity contribution is 0.00578. The van der Waals surface area contributed by atoms with Gasteiger partial charge in [-0.1, -0.05) is 0 Å². The molecule has 1 aliphatic heterocycles. The fourth-order valence-corrected chi connectivity index (χ4v) is 2.03. The Morgan fingerprint density at radius 2 is 1.72 bits per heavy atom. The fraction of sp³-hybridized carbons (Fsp3) is 0.750. The van der Waals surface area contributed by atoms with Gasteiger partial charge in [0, 0.05) is 18.6 Å². The number of hydrogen-bond donors (Lipinski definition) is 1. The molecule has 6 heteroatoms. The Hall–Kier alpha value is -0.745. The summed E-state index contributed by atoms with van der Waals surface area (Å²) < 4.78 is 38.7. The van der Waals surface area contributed by atoms with E-state index >= 15 is 0 Å². The van der Waals surface area contributed by atoms with E-state index in [0.29, 0.717) is 0 Å². The number of allylic oxidation sites excluding steroid dienone is 2. The lowest BCUT2D eigenvalue weighted by Crippen LogP contribution is -2.41. The topological polar surface area (TPSA) is 42.3 Å². The molecular formula is C12H18BF2NO2. The monoisotopic (exact) mass is 257 g/mol. The van der Waals surface area contributed by atoms with Gasteiger partial charge in [-0.2, -0.15) is 0 Å². The van der Waals surface area contributed by atoms with E-state index in [0.717, 1.165) is 0 Å². The molecule has 0 saturated carbocycles. The van der Waals surface area contributed by atoms with E-state index in [9.17, 15) is 8.78 Å². The number of nitrogens with one attached hydrogen (secondary N) is 1. The minimum atomic E-state index is -1.43. The Balaban J connectivity index is 2.24. The first kappa shape index (κ1) is 13.7. The van der Waals surface area contributed by atoms with Gasteiger partial charge in [-0.05, 0) is 33.2 Å². The second kappa shape index (κ2) is 4.13. The maximum absolute atomic E-state index is 13.8. The minimum absolute atomic E-state index is 0.151. The molecule has 18 heavy (non-hydrogen) atoms. The molecule has 1 unspecified atom stereocenters. The number of hydrogen-bond acceptors (Lipinski definition) is 3. The molecule has 0 aromatic rings. The summed E-state index contributed by atoms with van der Waals surface area (Å²) in [5.41, 5.74) is -1.14. The highest BCUT2D eigenvalue weighted by molar-refractivity contribution is 6.55. The minimum Gasteiger partial charge on any atom is -0.399 e. The first-order valence-electron chi connectivity index (χ1n) is 6.08. The molecule has 3 nitrogen and oxygen atoms in total. The first-order chi connectivity index (χ1) is 8.14. The molecule has 0 bridgehead atoms. The average Bonchev–Trinajstić information content (AvgIpc) is 2.42. The molecule has 0 aromatic heterocycles. The van der Waals surface area contributed by atoms with Crippen LogP contribution in [0.2, 0.25) is 0 Å². The lowest BCUT2D eigenvalue weighted by Gasteiger charge is -2.32. The largest absolute Gasteiger partial charge is 0.493 e. The maximum atomic E-state index is 13.8. The molecule has 1 saturated heterocycles. The molecular weight excluding hydrogens is 239 g/mol. The number of alkyl halides is 1. The molecule has 0 amide bonds. The Kier molecular flexibility index (Phi) is 3.14. The van der Waals surface area contributed by atoms with Gasteiger partial charge in [-0.15, -0.1) is 0 Å². The highest BCUT2D eigenvalue weighted by atomic mass is 19.1. The summed E-state index contributed by atoms with van der Waals surface area (Å²) in [5, 5.41) is 7.31. The Bertz CT molecular complexity index is 404. The molecule has 0 aromatic carbocycles. The van der Waals surface area contributed by atoms with Gasteiger partial charge in [0.05, 0.1) is 11.2 Å². The second-order valence-electron chi connectivity index (χ2n) is 5.89. The third-order valence-electron chi connectivity index (χ3n) is 4.01. The van der Waals surface area contributed by atoms with E-state index in [-0.39, 0.29) is 24.0 Å². The van der Waals surface area contributed by atoms with Gasteiger partial charge in [0.1, 0.15) is 12.0 Å². The van der Waals surface area contributed by atoms with Crippen molar-refractivity contribution in [3.63, 3.8) is 0 Å². The van der Waals surface area contributed by atoms with Crippen LogP contribution in [0.5, 0.6) is 0 Å². The first-order valence-corrected chi connectivity index (χ1v) is 6.08. The van der Waals surface area contributed by atoms with E-state index in [4.69, 9.17) is 14.7 Å². The second-order valence-corrected chi connectivity index (χ2v) is 5.89. The van der Waals surface area contributed by atoms with Crippen LogP contribution >= 0.6 is 0 Å². The fourth-order valence-electron chi connectivity index (χ4n) is 2.03. The van der Waals surface area contributed by atoms with Crippen LogP contribution in [0.25, 0.3) is 0 Å². The average molecular weight is 257 g/mol. The van der Waals surface area contributed by atoms with Gasteiger partial charge in [0.15, 0.2) is 0 Å². The summed E-state index contributed by atoms with van der Waals surface area (Å²) in [6.45, 7) is 7.46. The predicted molar refractivity (Wildman–Crippen MR) is 66.1 cm³/mol.